The third-order valence-electron chi connectivity index (χ3n) is 3.49. The number of anilines is 2. The number of carbonyl (C=O) groups is 1. The molecule has 1 aromatic carbocycles. The van der Waals surface area contributed by atoms with Gasteiger partial charge in [-0.05, 0) is 28.6 Å². The van der Waals surface area contributed by atoms with Gasteiger partial charge in [0.15, 0.2) is 0 Å². The summed E-state index contributed by atoms with van der Waals surface area (Å²) in [6, 6.07) is 7.27. The van der Waals surface area contributed by atoms with Crippen molar-refractivity contribution in [3.63, 3.8) is 0 Å². The summed E-state index contributed by atoms with van der Waals surface area (Å²) in [6.45, 7) is 1.46. The molecule has 1 amide bonds. The van der Waals surface area contributed by atoms with E-state index in [0.717, 1.165) is 17.1 Å². The molecule has 3 rings (SSSR count). The number of tetrazole rings is 1. The van der Waals surface area contributed by atoms with E-state index in [0.29, 0.717) is 21.7 Å². The molecule has 0 bridgehead atoms. The monoisotopic (exact) mass is 404 g/mol. The van der Waals surface area contributed by atoms with E-state index >= 15 is 0 Å². The molecule has 2 aromatic heterocycles. The number of carbonyl (C=O) groups excluding carboxylic acids is 1. The first-order valence-electron chi connectivity index (χ1n) is 7.91. The SMILES string of the molecule is CC(=O)Nc1cccc(-n2nnnc2SCc2c(Cl)ncnc2N(C)C)c1. The molecule has 9 nitrogen and oxygen atoms in total. The summed E-state index contributed by atoms with van der Waals surface area (Å²) in [5, 5.41) is 15.6. The summed E-state index contributed by atoms with van der Waals surface area (Å²) in [7, 11) is 3.79. The highest BCUT2D eigenvalue weighted by Gasteiger charge is 2.15. The van der Waals surface area contributed by atoms with E-state index in [4.69, 9.17) is 11.6 Å². The molecular weight excluding hydrogens is 388 g/mol. The number of halogens is 1. The van der Waals surface area contributed by atoms with Crippen molar-refractivity contribution >= 4 is 40.8 Å². The Hall–Kier alpha value is -2.72. The zero-order valence-corrected chi connectivity index (χ0v) is 16.5. The Bertz CT molecular complexity index is 961. The van der Waals surface area contributed by atoms with Crippen LogP contribution in [0.5, 0.6) is 0 Å². The first-order valence-corrected chi connectivity index (χ1v) is 9.28. The number of nitrogens with one attached hydrogen (secondary N) is 1. The van der Waals surface area contributed by atoms with Gasteiger partial charge in [0.25, 0.3) is 0 Å². The molecule has 0 unspecified atom stereocenters. The van der Waals surface area contributed by atoms with Crippen molar-refractivity contribution in [3.05, 3.63) is 41.3 Å². The van der Waals surface area contributed by atoms with Crippen LogP contribution in [-0.4, -0.2) is 50.2 Å². The van der Waals surface area contributed by atoms with Gasteiger partial charge in [0, 0.05) is 38.0 Å². The molecule has 0 fully saturated rings. The number of hydrogen-bond acceptors (Lipinski definition) is 8. The highest BCUT2D eigenvalue weighted by atomic mass is 35.5. The second-order valence-corrected chi connectivity index (χ2v) is 7.06. The van der Waals surface area contributed by atoms with Gasteiger partial charge in [-0.25, -0.2) is 9.97 Å². The fourth-order valence-corrected chi connectivity index (χ4v) is 3.55. The van der Waals surface area contributed by atoms with E-state index in [2.05, 4.69) is 30.8 Å². The van der Waals surface area contributed by atoms with Gasteiger partial charge in [-0.2, -0.15) is 4.68 Å². The number of thioether (sulfide) groups is 1. The van der Waals surface area contributed by atoms with Crippen molar-refractivity contribution in [2.75, 3.05) is 24.3 Å². The molecule has 2 heterocycles. The van der Waals surface area contributed by atoms with Gasteiger partial charge in [-0.3, -0.25) is 4.79 Å². The van der Waals surface area contributed by atoms with E-state index in [1.54, 1.807) is 16.8 Å². The quantitative estimate of drug-likeness (QED) is 0.493. The Morgan fingerprint density at radius 2 is 2.15 bits per heavy atom. The number of nitrogens with zero attached hydrogens (tertiary/aromatic N) is 7. The fourth-order valence-electron chi connectivity index (χ4n) is 2.38. The minimum absolute atomic E-state index is 0.145. The van der Waals surface area contributed by atoms with Crippen LogP contribution >= 0.6 is 23.4 Å². The summed E-state index contributed by atoms with van der Waals surface area (Å²) >= 11 is 7.67. The van der Waals surface area contributed by atoms with Gasteiger partial charge >= 0.3 is 0 Å². The minimum atomic E-state index is -0.145. The third kappa shape index (κ3) is 4.52. The molecule has 0 radical (unpaired) electrons. The van der Waals surface area contributed by atoms with Crippen LogP contribution in [0.4, 0.5) is 11.5 Å². The van der Waals surface area contributed by atoms with Crippen molar-refractivity contribution in [2.45, 2.75) is 17.8 Å². The molecule has 140 valence electrons. The van der Waals surface area contributed by atoms with Crippen LogP contribution in [-0.2, 0) is 10.5 Å². The smallest absolute Gasteiger partial charge is 0.221 e. The van der Waals surface area contributed by atoms with E-state index < -0.39 is 0 Å². The Kier molecular flexibility index (Phi) is 5.87. The Balaban J connectivity index is 1.84. The second-order valence-electron chi connectivity index (χ2n) is 5.75. The van der Waals surface area contributed by atoms with Crippen LogP contribution in [0, 0.1) is 0 Å². The summed E-state index contributed by atoms with van der Waals surface area (Å²) in [5.41, 5.74) is 2.20. The maximum atomic E-state index is 11.3. The van der Waals surface area contributed by atoms with Gasteiger partial charge in [0.2, 0.25) is 11.1 Å². The molecule has 3 aromatic rings. The molecule has 27 heavy (non-hydrogen) atoms. The predicted molar refractivity (Wildman–Crippen MR) is 104 cm³/mol. The summed E-state index contributed by atoms with van der Waals surface area (Å²) in [5.74, 6) is 1.10. The Labute approximate surface area is 165 Å². The van der Waals surface area contributed by atoms with Crippen LogP contribution in [0.3, 0.4) is 0 Å². The molecule has 11 heteroatoms. The molecular formula is C16H17ClN8OS. The van der Waals surface area contributed by atoms with Crippen molar-refractivity contribution in [1.29, 1.82) is 0 Å². The standard InChI is InChI=1S/C16H17ClN8OS/c1-10(26)20-11-5-4-6-12(7-11)25-16(21-22-23-25)27-8-13-14(17)18-9-19-15(13)24(2)3/h4-7,9H,8H2,1-3H3,(H,20,26). The summed E-state index contributed by atoms with van der Waals surface area (Å²) < 4.78 is 1.60. The molecule has 0 saturated heterocycles. The lowest BCUT2D eigenvalue weighted by atomic mass is 10.3. The molecule has 0 atom stereocenters. The zero-order chi connectivity index (χ0) is 19.4. The second kappa shape index (κ2) is 8.31. The lowest BCUT2D eigenvalue weighted by molar-refractivity contribution is -0.114. The highest BCUT2D eigenvalue weighted by molar-refractivity contribution is 7.98. The number of rotatable bonds is 6. The normalized spacial score (nSPS) is 10.7. The van der Waals surface area contributed by atoms with E-state index in [-0.39, 0.29) is 5.91 Å². The number of amides is 1. The lowest BCUT2D eigenvalue weighted by Crippen LogP contribution is -2.14. The first-order chi connectivity index (χ1) is 13.0. The molecule has 0 aliphatic heterocycles. The summed E-state index contributed by atoms with van der Waals surface area (Å²) in [4.78, 5) is 21.5. The third-order valence-corrected chi connectivity index (χ3v) is 4.76. The summed E-state index contributed by atoms with van der Waals surface area (Å²) in [6.07, 6.45) is 1.43. The average Bonchev–Trinajstić information content (AvgIpc) is 3.08. The topological polar surface area (TPSA) is 102 Å². The number of benzene rings is 1. The molecule has 0 spiro atoms. The van der Waals surface area contributed by atoms with Gasteiger partial charge in [0.05, 0.1) is 5.69 Å². The van der Waals surface area contributed by atoms with Crippen LogP contribution in [0.1, 0.15) is 12.5 Å². The van der Waals surface area contributed by atoms with Crippen LogP contribution in [0.25, 0.3) is 5.69 Å². The van der Waals surface area contributed by atoms with Gasteiger partial charge in [-0.15, -0.1) is 5.10 Å². The van der Waals surface area contributed by atoms with Crippen LogP contribution in [0.2, 0.25) is 5.15 Å². The Morgan fingerprint density at radius 3 is 2.89 bits per heavy atom. The Morgan fingerprint density at radius 1 is 1.33 bits per heavy atom. The van der Waals surface area contributed by atoms with Crippen LogP contribution < -0.4 is 10.2 Å². The highest BCUT2D eigenvalue weighted by Crippen LogP contribution is 2.30. The van der Waals surface area contributed by atoms with Crippen LogP contribution in [0.15, 0.2) is 35.7 Å². The zero-order valence-electron chi connectivity index (χ0n) is 14.9. The van der Waals surface area contributed by atoms with E-state index in [1.165, 1.54) is 25.0 Å². The van der Waals surface area contributed by atoms with Crippen molar-refractivity contribution in [2.24, 2.45) is 0 Å². The minimum Gasteiger partial charge on any atom is -0.362 e. The van der Waals surface area contributed by atoms with Gasteiger partial charge < -0.3 is 10.2 Å². The van der Waals surface area contributed by atoms with Gasteiger partial charge in [-0.1, -0.05) is 29.4 Å². The number of aromatic nitrogens is 6. The largest absolute Gasteiger partial charge is 0.362 e. The van der Waals surface area contributed by atoms with E-state index in [9.17, 15) is 4.79 Å². The number of hydrogen-bond donors (Lipinski definition) is 1. The van der Waals surface area contributed by atoms with Crippen molar-refractivity contribution < 1.29 is 4.79 Å². The maximum Gasteiger partial charge on any atom is 0.221 e. The molecule has 0 saturated carbocycles. The molecule has 1 N–H and O–H groups in total. The first kappa shape index (κ1) is 19.1. The molecule has 0 aliphatic rings. The van der Waals surface area contributed by atoms with Crippen molar-refractivity contribution in [3.8, 4) is 5.69 Å². The van der Waals surface area contributed by atoms with Crippen molar-refractivity contribution in [1.82, 2.24) is 30.2 Å². The fraction of sp³-hybridized carbons (Fsp3) is 0.250. The van der Waals surface area contributed by atoms with E-state index in [1.807, 2.05) is 31.1 Å². The molecule has 0 aliphatic carbocycles. The average molecular weight is 405 g/mol. The van der Waals surface area contributed by atoms with Gasteiger partial charge in [0.1, 0.15) is 17.3 Å². The predicted octanol–water partition coefficient (Wildman–Crippen LogP) is 2.42. The maximum absolute atomic E-state index is 11.3. The lowest BCUT2D eigenvalue weighted by Gasteiger charge is -2.16.